The molecule has 0 fully saturated rings. The Balaban J connectivity index is 2.70. The molecule has 1 atom stereocenters. The second-order valence-electron chi connectivity index (χ2n) is 8.85. The van der Waals surface area contributed by atoms with E-state index in [1.54, 1.807) is 0 Å². The molecule has 0 aliphatic heterocycles. The molecule has 26 heavy (non-hydrogen) atoms. The number of alkyl halides is 1. The van der Waals surface area contributed by atoms with Crippen LogP contribution < -0.4 is 0 Å². The predicted octanol–water partition coefficient (Wildman–Crippen LogP) is 7.19. The molecule has 0 aromatic heterocycles. The van der Waals surface area contributed by atoms with Crippen LogP contribution in [0, 0.1) is 0 Å². The van der Waals surface area contributed by atoms with Gasteiger partial charge in [0.2, 0.25) is 5.78 Å². The van der Waals surface area contributed by atoms with Gasteiger partial charge in [-0.1, -0.05) is 87.7 Å². The summed E-state index contributed by atoms with van der Waals surface area (Å²) >= 11 is 3.85. The molecule has 1 aliphatic rings. The summed E-state index contributed by atoms with van der Waals surface area (Å²) in [6.07, 6.45) is 3.56. The van der Waals surface area contributed by atoms with Gasteiger partial charge in [0.25, 0.3) is 8.32 Å². The quantitative estimate of drug-likeness (QED) is 0.348. The fourth-order valence-corrected chi connectivity index (χ4v) is 5.22. The van der Waals surface area contributed by atoms with Crippen LogP contribution >= 0.6 is 15.9 Å². The average molecular weight is 437 g/mol. The molecule has 1 aromatic carbocycles. The van der Waals surface area contributed by atoms with Gasteiger partial charge in [-0.3, -0.25) is 4.79 Å². The number of Topliss-reactive ketones (excluding diaryl/α,β-unsaturated/α-hetero) is 1. The Bertz CT molecular complexity index is 715. The number of hydrogen-bond donors (Lipinski definition) is 0. The molecule has 0 bridgehead atoms. The highest BCUT2D eigenvalue weighted by molar-refractivity contribution is 9.10. The normalized spacial score (nSPS) is 21.0. The van der Waals surface area contributed by atoms with E-state index in [0.717, 1.165) is 36.8 Å². The molecule has 0 heterocycles. The zero-order chi connectivity index (χ0) is 19.8. The maximum atomic E-state index is 13.7. The van der Waals surface area contributed by atoms with Crippen molar-refractivity contribution >= 4 is 35.6 Å². The van der Waals surface area contributed by atoms with Crippen molar-refractivity contribution < 1.29 is 9.22 Å². The third-order valence-corrected chi connectivity index (χ3v) is 11.3. The molecular weight excluding hydrogens is 404 g/mol. The van der Waals surface area contributed by atoms with Crippen LogP contribution in [-0.2, 0) is 13.5 Å². The number of carbonyl (C=O) groups excluding carboxylic acids is 1. The van der Waals surface area contributed by atoms with Gasteiger partial charge < -0.3 is 4.43 Å². The van der Waals surface area contributed by atoms with E-state index in [-0.39, 0.29) is 10.8 Å². The first kappa shape index (κ1) is 21.4. The van der Waals surface area contributed by atoms with E-state index in [9.17, 15) is 4.79 Å². The van der Waals surface area contributed by atoms with Gasteiger partial charge in [-0.25, -0.2) is 0 Å². The van der Waals surface area contributed by atoms with Crippen LogP contribution in [0.5, 0.6) is 0 Å². The van der Waals surface area contributed by atoms with E-state index < -0.39 is 12.6 Å². The maximum absolute atomic E-state index is 13.7. The van der Waals surface area contributed by atoms with Gasteiger partial charge in [0, 0.05) is 5.57 Å². The number of fused-ring (bicyclic) bond motifs is 1. The highest BCUT2D eigenvalue weighted by Gasteiger charge is 2.48. The number of hydrogen-bond acceptors (Lipinski definition) is 2. The predicted molar refractivity (Wildman–Crippen MR) is 117 cm³/mol. The molecule has 1 aliphatic carbocycles. The zero-order valence-corrected chi connectivity index (χ0v) is 19.9. The van der Waals surface area contributed by atoms with Gasteiger partial charge >= 0.3 is 0 Å². The fourth-order valence-electron chi connectivity index (χ4n) is 3.26. The van der Waals surface area contributed by atoms with Crippen LogP contribution in [0.15, 0.2) is 30.0 Å². The van der Waals surface area contributed by atoms with Crippen molar-refractivity contribution in [3.05, 3.63) is 41.2 Å². The summed E-state index contributed by atoms with van der Waals surface area (Å²) in [7, 11) is -2.11. The Morgan fingerprint density at radius 2 is 1.73 bits per heavy atom. The van der Waals surface area contributed by atoms with Gasteiger partial charge in [-0.2, -0.15) is 0 Å². The molecule has 0 spiro atoms. The standard InChI is InChI=1S/C22H33BrO2Si/c1-8-12-17-16-13-10-11-14-18(16)22(23,15-9-2)20(24)19(17)25-26(6,7)21(3,4)5/h10-11,13-14H,8-9,12,15H2,1-7H3. The molecule has 0 N–H and O–H groups in total. The van der Waals surface area contributed by atoms with E-state index in [1.807, 2.05) is 6.07 Å². The zero-order valence-electron chi connectivity index (χ0n) is 17.3. The minimum Gasteiger partial charge on any atom is -0.541 e. The summed E-state index contributed by atoms with van der Waals surface area (Å²) in [5.41, 5.74) is 3.36. The van der Waals surface area contributed by atoms with Gasteiger partial charge in [0.1, 0.15) is 4.32 Å². The largest absolute Gasteiger partial charge is 0.541 e. The van der Waals surface area contributed by atoms with Crippen LogP contribution in [0.1, 0.15) is 71.4 Å². The van der Waals surface area contributed by atoms with Crippen molar-refractivity contribution in [2.45, 2.75) is 82.8 Å². The molecule has 4 heteroatoms. The van der Waals surface area contributed by atoms with Crippen LogP contribution in [0.25, 0.3) is 5.57 Å². The van der Waals surface area contributed by atoms with Crippen molar-refractivity contribution in [2.24, 2.45) is 0 Å². The number of rotatable bonds is 6. The van der Waals surface area contributed by atoms with E-state index in [1.165, 1.54) is 5.56 Å². The summed E-state index contributed by atoms with van der Waals surface area (Å²) in [6.45, 7) is 15.4. The second kappa shape index (κ2) is 7.63. The third kappa shape index (κ3) is 3.73. The number of ketones is 1. The number of benzene rings is 1. The third-order valence-electron chi connectivity index (χ3n) is 5.78. The minimum absolute atomic E-state index is 0.0499. The molecule has 0 saturated carbocycles. The van der Waals surface area contributed by atoms with Crippen LogP contribution in [0.4, 0.5) is 0 Å². The summed E-state index contributed by atoms with van der Waals surface area (Å²) in [6, 6.07) is 8.33. The molecule has 0 radical (unpaired) electrons. The average Bonchev–Trinajstić information content (AvgIpc) is 2.55. The first-order chi connectivity index (χ1) is 12.0. The monoisotopic (exact) mass is 436 g/mol. The van der Waals surface area contributed by atoms with Crippen LogP contribution in [-0.4, -0.2) is 14.1 Å². The lowest BCUT2D eigenvalue weighted by atomic mass is 9.77. The highest BCUT2D eigenvalue weighted by Crippen LogP contribution is 2.50. The van der Waals surface area contributed by atoms with Crippen LogP contribution in [0.2, 0.25) is 18.1 Å². The molecule has 1 aromatic rings. The lowest BCUT2D eigenvalue weighted by Gasteiger charge is -2.41. The highest BCUT2D eigenvalue weighted by atomic mass is 79.9. The molecule has 2 nitrogen and oxygen atoms in total. The summed E-state index contributed by atoms with van der Waals surface area (Å²) < 4.78 is 5.98. The molecular formula is C22H33BrO2Si. The SMILES string of the molecule is CCCC1=C(O[Si](C)(C)C(C)(C)C)C(=O)C(Br)(CCC)c2ccccc21. The Hall–Kier alpha value is -0.873. The van der Waals surface area contributed by atoms with E-state index >= 15 is 0 Å². The van der Waals surface area contributed by atoms with Gasteiger partial charge in [-0.15, -0.1) is 0 Å². The number of allylic oxidation sites excluding steroid dienone is 2. The van der Waals surface area contributed by atoms with Gasteiger partial charge in [0.15, 0.2) is 5.76 Å². The van der Waals surface area contributed by atoms with E-state index in [4.69, 9.17) is 4.43 Å². The van der Waals surface area contributed by atoms with Gasteiger partial charge in [0.05, 0.1) is 0 Å². The lowest BCUT2D eigenvalue weighted by molar-refractivity contribution is -0.120. The Morgan fingerprint density at radius 3 is 2.27 bits per heavy atom. The van der Waals surface area contributed by atoms with Crippen molar-refractivity contribution in [3.63, 3.8) is 0 Å². The van der Waals surface area contributed by atoms with E-state index in [2.05, 4.69) is 81.8 Å². The molecule has 0 amide bonds. The molecule has 0 saturated heterocycles. The first-order valence-electron chi connectivity index (χ1n) is 9.75. The Morgan fingerprint density at radius 1 is 1.12 bits per heavy atom. The fraction of sp³-hybridized carbons (Fsp3) is 0.591. The van der Waals surface area contributed by atoms with Crippen molar-refractivity contribution in [1.29, 1.82) is 0 Å². The smallest absolute Gasteiger partial charge is 0.250 e. The summed E-state index contributed by atoms with van der Waals surface area (Å²) in [4.78, 5) is 13.7. The molecule has 1 unspecified atom stereocenters. The van der Waals surface area contributed by atoms with Crippen LogP contribution in [0.3, 0.4) is 0 Å². The maximum Gasteiger partial charge on any atom is 0.250 e. The second-order valence-corrected chi connectivity index (χ2v) is 14.9. The lowest BCUT2D eigenvalue weighted by Crippen LogP contribution is -2.45. The Labute approximate surface area is 168 Å². The van der Waals surface area contributed by atoms with Crippen molar-refractivity contribution in [1.82, 2.24) is 0 Å². The molecule has 144 valence electrons. The summed E-state index contributed by atoms with van der Waals surface area (Å²) in [5, 5.41) is 0.0499. The topological polar surface area (TPSA) is 26.3 Å². The number of carbonyl (C=O) groups is 1. The van der Waals surface area contributed by atoms with Crippen molar-refractivity contribution in [3.8, 4) is 0 Å². The van der Waals surface area contributed by atoms with Crippen molar-refractivity contribution in [2.75, 3.05) is 0 Å². The molecule has 2 rings (SSSR count). The van der Waals surface area contributed by atoms with Gasteiger partial charge in [-0.05, 0) is 42.1 Å². The Kier molecular flexibility index (Phi) is 6.29. The summed E-state index contributed by atoms with van der Waals surface area (Å²) in [5.74, 6) is 0.716. The van der Waals surface area contributed by atoms with E-state index in [0.29, 0.717) is 5.76 Å². The minimum atomic E-state index is -2.11. The number of halogens is 1. The first-order valence-corrected chi connectivity index (χ1v) is 13.5.